The lowest BCUT2D eigenvalue weighted by Gasteiger charge is -2.28. The lowest BCUT2D eigenvalue weighted by atomic mass is 10.0. The average molecular weight is 247 g/mol. The minimum absolute atomic E-state index is 0.225. The van der Waals surface area contributed by atoms with Crippen molar-refractivity contribution in [3.8, 4) is 0 Å². The highest BCUT2D eigenvalue weighted by Crippen LogP contribution is 2.36. The van der Waals surface area contributed by atoms with E-state index in [1.807, 2.05) is 24.0 Å². The van der Waals surface area contributed by atoms with Gasteiger partial charge in [-0.2, -0.15) is 0 Å². The van der Waals surface area contributed by atoms with Crippen molar-refractivity contribution in [2.24, 2.45) is 0 Å². The number of aryl methyl sites for hydroxylation is 1. The Labute approximate surface area is 106 Å². The second kappa shape index (κ2) is 4.30. The van der Waals surface area contributed by atoms with Crippen LogP contribution in [0.3, 0.4) is 0 Å². The topological polar surface area (TPSA) is 20.3 Å². The van der Waals surface area contributed by atoms with Gasteiger partial charge >= 0.3 is 0 Å². The lowest BCUT2D eigenvalue weighted by Crippen LogP contribution is -2.35. The molecule has 0 atom stereocenters. The van der Waals surface area contributed by atoms with Crippen molar-refractivity contribution in [1.82, 2.24) is 4.90 Å². The number of allylic oxidation sites excluding steroid dienone is 1. The number of piperidine rings is 1. The van der Waals surface area contributed by atoms with E-state index >= 15 is 0 Å². The van der Waals surface area contributed by atoms with Crippen LogP contribution in [0.5, 0.6) is 0 Å². The molecule has 1 amide bonds. The van der Waals surface area contributed by atoms with Crippen LogP contribution in [0.2, 0.25) is 0 Å². The van der Waals surface area contributed by atoms with Gasteiger partial charge in [0.1, 0.15) is 0 Å². The molecule has 2 heterocycles. The average Bonchev–Trinajstić information content (AvgIpc) is 3.11. The molecule has 1 aliphatic heterocycles. The Morgan fingerprint density at radius 3 is 2.29 bits per heavy atom. The number of hydrogen-bond acceptors (Lipinski definition) is 2. The van der Waals surface area contributed by atoms with Gasteiger partial charge in [-0.1, -0.05) is 11.1 Å². The maximum atomic E-state index is 12.2. The quantitative estimate of drug-likeness (QED) is 0.697. The van der Waals surface area contributed by atoms with Gasteiger partial charge < -0.3 is 4.90 Å². The number of nitrogens with zero attached hydrogens (tertiary/aromatic N) is 1. The van der Waals surface area contributed by atoms with Crippen molar-refractivity contribution in [3.05, 3.63) is 33.0 Å². The highest BCUT2D eigenvalue weighted by Gasteiger charge is 2.25. The Hall–Kier alpha value is -1.09. The summed E-state index contributed by atoms with van der Waals surface area (Å²) in [6.07, 6.45) is 4.83. The molecule has 0 N–H and O–H groups in total. The van der Waals surface area contributed by atoms with Crippen LogP contribution in [0.25, 0.3) is 0 Å². The van der Waals surface area contributed by atoms with E-state index in [2.05, 4.69) is 0 Å². The summed E-state index contributed by atoms with van der Waals surface area (Å²) in [5.41, 5.74) is 3.31. The number of hydrogen-bond donors (Lipinski definition) is 0. The second-order valence-corrected chi connectivity index (χ2v) is 6.20. The van der Waals surface area contributed by atoms with E-state index in [0.29, 0.717) is 0 Å². The van der Waals surface area contributed by atoms with Crippen LogP contribution in [-0.2, 0) is 0 Å². The van der Waals surface area contributed by atoms with Crippen LogP contribution in [0.4, 0.5) is 0 Å². The van der Waals surface area contributed by atoms with Crippen LogP contribution in [0, 0.1) is 6.92 Å². The molecule has 1 saturated carbocycles. The van der Waals surface area contributed by atoms with E-state index in [9.17, 15) is 4.79 Å². The number of carbonyl (C=O) groups excluding carboxylic acids is 1. The summed E-state index contributed by atoms with van der Waals surface area (Å²) in [7, 11) is 0. The molecule has 1 aromatic rings. The zero-order valence-corrected chi connectivity index (χ0v) is 11.0. The summed E-state index contributed by atoms with van der Waals surface area (Å²) >= 11 is 1.61. The van der Waals surface area contributed by atoms with Crippen molar-refractivity contribution in [1.29, 1.82) is 0 Å². The van der Waals surface area contributed by atoms with Crippen LogP contribution in [0.15, 0.2) is 23.3 Å². The van der Waals surface area contributed by atoms with Gasteiger partial charge in [-0.05, 0) is 44.7 Å². The predicted molar refractivity (Wildman–Crippen MR) is 70.5 cm³/mol. The van der Waals surface area contributed by atoms with Crippen LogP contribution in [0.1, 0.15) is 40.2 Å². The SMILES string of the molecule is Cc1ccc(C(=O)N2CCC(=C3CC3)CC2)s1. The number of carbonyl (C=O) groups is 1. The Morgan fingerprint density at radius 1 is 1.12 bits per heavy atom. The smallest absolute Gasteiger partial charge is 0.263 e. The maximum Gasteiger partial charge on any atom is 0.263 e. The van der Waals surface area contributed by atoms with Gasteiger partial charge in [0.15, 0.2) is 0 Å². The van der Waals surface area contributed by atoms with Crippen LogP contribution >= 0.6 is 11.3 Å². The summed E-state index contributed by atoms with van der Waals surface area (Å²) in [6, 6.07) is 3.98. The van der Waals surface area contributed by atoms with E-state index in [4.69, 9.17) is 0 Å². The third-order valence-electron chi connectivity index (χ3n) is 3.61. The zero-order valence-electron chi connectivity index (χ0n) is 10.2. The molecule has 1 aromatic heterocycles. The van der Waals surface area contributed by atoms with E-state index < -0.39 is 0 Å². The fourth-order valence-corrected chi connectivity index (χ4v) is 3.29. The predicted octanol–water partition coefficient (Wildman–Crippen LogP) is 3.38. The summed E-state index contributed by atoms with van der Waals surface area (Å²) in [5.74, 6) is 0.225. The van der Waals surface area contributed by atoms with Crippen molar-refractivity contribution >= 4 is 17.2 Å². The standard InChI is InChI=1S/C14H17NOS/c1-10-2-5-13(17-10)14(16)15-8-6-12(7-9-15)11-3-4-11/h2,5H,3-4,6-9H2,1H3. The van der Waals surface area contributed by atoms with Gasteiger partial charge in [0.25, 0.3) is 5.91 Å². The van der Waals surface area contributed by atoms with Crippen molar-refractivity contribution in [3.63, 3.8) is 0 Å². The largest absolute Gasteiger partial charge is 0.337 e. The van der Waals surface area contributed by atoms with Gasteiger partial charge in [-0.15, -0.1) is 11.3 Å². The van der Waals surface area contributed by atoms with E-state index in [1.165, 1.54) is 17.7 Å². The van der Waals surface area contributed by atoms with Gasteiger partial charge in [-0.25, -0.2) is 0 Å². The van der Waals surface area contributed by atoms with Crippen LogP contribution < -0.4 is 0 Å². The zero-order chi connectivity index (χ0) is 11.8. The maximum absolute atomic E-state index is 12.2. The molecule has 0 radical (unpaired) electrons. The number of rotatable bonds is 1. The Morgan fingerprint density at radius 2 is 1.76 bits per heavy atom. The molecule has 17 heavy (non-hydrogen) atoms. The molecule has 2 aliphatic rings. The van der Waals surface area contributed by atoms with Gasteiger partial charge in [0, 0.05) is 18.0 Å². The first kappa shape index (κ1) is 11.0. The third-order valence-corrected chi connectivity index (χ3v) is 4.59. The molecular formula is C14H17NOS. The monoisotopic (exact) mass is 247 g/mol. The number of amides is 1. The van der Waals surface area contributed by atoms with E-state index in [0.717, 1.165) is 30.8 Å². The highest BCUT2D eigenvalue weighted by molar-refractivity contribution is 7.13. The van der Waals surface area contributed by atoms with Gasteiger partial charge in [-0.3, -0.25) is 4.79 Å². The first-order valence-corrected chi connectivity index (χ1v) is 7.11. The van der Waals surface area contributed by atoms with Gasteiger partial charge in [0.05, 0.1) is 4.88 Å². The second-order valence-electron chi connectivity index (χ2n) is 4.91. The molecule has 0 bridgehead atoms. The first-order chi connectivity index (χ1) is 8.24. The summed E-state index contributed by atoms with van der Waals surface area (Å²) in [4.78, 5) is 16.3. The molecule has 1 aliphatic carbocycles. The molecule has 2 nitrogen and oxygen atoms in total. The van der Waals surface area contributed by atoms with Crippen molar-refractivity contribution in [2.45, 2.75) is 32.6 Å². The normalized spacial score (nSPS) is 19.7. The number of likely N-dealkylation sites (tertiary alicyclic amines) is 1. The molecule has 3 heteroatoms. The third kappa shape index (κ3) is 2.29. The van der Waals surface area contributed by atoms with Crippen LogP contribution in [-0.4, -0.2) is 23.9 Å². The molecule has 3 rings (SSSR count). The molecule has 0 spiro atoms. The summed E-state index contributed by atoms with van der Waals surface area (Å²) in [6.45, 7) is 3.87. The minimum Gasteiger partial charge on any atom is -0.337 e. The Kier molecular flexibility index (Phi) is 2.79. The summed E-state index contributed by atoms with van der Waals surface area (Å²) in [5, 5.41) is 0. The molecule has 1 saturated heterocycles. The molecule has 0 aromatic carbocycles. The van der Waals surface area contributed by atoms with Gasteiger partial charge in [0.2, 0.25) is 0 Å². The fourth-order valence-electron chi connectivity index (χ4n) is 2.45. The number of thiophene rings is 1. The molecular weight excluding hydrogens is 230 g/mol. The van der Waals surface area contributed by atoms with Crippen molar-refractivity contribution in [2.75, 3.05) is 13.1 Å². The summed E-state index contributed by atoms with van der Waals surface area (Å²) < 4.78 is 0. The Balaban J connectivity index is 1.66. The molecule has 90 valence electrons. The highest BCUT2D eigenvalue weighted by atomic mass is 32.1. The Bertz CT molecular complexity index is 470. The molecule has 2 fully saturated rings. The molecule has 0 unspecified atom stereocenters. The lowest BCUT2D eigenvalue weighted by molar-refractivity contribution is 0.0748. The van der Waals surface area contributed by atoms with Crippen molar-refractivity contribution < 1.29 is 4.79 Å². The van der Waals surface area contributed by atoms with E-state index in [-0.39, 0.29) is 5.91 Å². The van der Waals surface area contributed by atoms with E-state index in [1.54, 1.807) is 22.5 Å². The first-order valence-electron chi connectivity index (χ1n) is 6.29. The minimum atomic E-state index is 0.225. The fraction of sp³-hybridized carbons (Fsp3) is 0.500.